The van der Waals surface area contributed by atoms with Crippen molar-refractivity contribution in [1.29, 1.82) is 0 Å². The predicted octanol–water partition coefficient (Wildman–Crippen LogP) is 4.84. The Kier molecular flexibility index (Phi) is 4.85. The fourth-order valence-electron chi connectivity index (χ4n) is 1.88. The van der Waals surface area contributed by atoms with Gasteiger partial charge >= 0.3 is 0 Å². The van der Waals surface area contributed by atoms with E-state index in [0.29, 0.717) is 20.8 Å². The topological polar surface area (TPSA) is 41.5 Å². The van der Waals surface area contributed by atoms with Gasteiger partial charge in [0.15, 0.2) is 5.17 Å². The number of nitrogens with one attached hydrogen (secondary N) is 1. The first-order valence-electron chi connectivity index (χ1n) is 6.41. The Morgan fingerprint density at radius 2 is 2.00 bits per heavy atom. The number of thioether (sulfide) groups is 1. The van der Waals surface area contributed by atoms with E-state index >= 15 is 0 Å². The summed E-state index contributed by atoms with van der Waals surface area (Å²) in [6.07, 6.45) is 1.88. The molecule has 0 aliphatic carbocycles. The average Bonchev–Trinajstić information content (AvgIpc) is 2.81. The third kappa shape index (κ3) is 3.71. The number of rotatable bonds is 2. The summed E-state index contributed by atoms with van der Waals surface area (Å²) in [5, 5.41) is 3.95. The summed E-state index contributed by atoms with van der Waals surface area (Å²) in [5.74, 6) is -0.134. The van der Waals surface area contributed by atoms with E-state index in [1.807, 2.05) is 42.5 Å². The van der Waals surface area contributed by atoms with Crippen LogP contribution in [0.2, 0.25) is 5.02 Å². The van der Waals surface area contributed by atoms with Crippen molar-refractivity contribution >= 4 is 68.8 Å². The van der Waals surface area contributed by atoms with E-state index in [1.165, 1.54) is 11.8 Å². The fourth-order valence-corrected chi connectivity index (χ4v) is 3.44. The molecule has 1 N–H and O–H groups in total. The van der Waals surface area contributed by atoms with E-state index in [9.17, 15) is 4.79 Å². The molecule has 6 heteroatoms. The summed E-state index contributed by atoms with van der Waals surface area (Å²) in [7, 11) is 0. The predicted molar refractivity (Wildman–Crippen MR) is 101 cm³/mol. The van der Waals surface area contributed by atoms with Crippen LogP contribution < -0.4 is 5.32 Å². The number of aliphatic imine (C=N–C) groups is 1. The molecule has 1 aliphatic heterocycles. The van der Waals surface area contributed by atoms with Gasteiger partial charge in [-0.1, -0.05) is 35.9 Å². The van der Waals surface area contributed by atoms with Crippen LogP contribution in [-0.2, 0) is 4.79 Å². The molecule has 0 saturated carbocycles. The van der Waals surface area contributed by atoms with Gasteiger partial charge in [-0.3, -0.25) is 4.79 Å². The van der Waals surface area contributed by atoms with E-state index in [0.717, 1.165) is 9.13 Å². The van der Waals surface area contributed by atoms with Gasteiger partial charge in [0.2, 0.25) is 0 Å². The summed E-state index contributed by atoms with van der Waals surface area (Å²) < 4.78 is 1.10. The van der Waals surface area contributed by atoms with E-state index in [2.05, 4.69) is 32.9 Å². The third-order valence-electron chi connectivity index (χ3n) is 2.88. The first kappa shape index (κ1) is 15.6. The lowest BCUT2D eigenvalue weighted by Crippen LogP contribution is -2.19. The number of carbonyl (C=O) groups is 1. The van der Waals surface area contributed by atoms with Crippen molar-refractivity contribution in [2.45, 2.75) is 0 Å². The molecule has 22 heavy (non-hydrogen) atoms. The highest BCUT2D eigenvalue weighted by Gasteiger charge is 2.24. The molecule has 0 unspecified atom stereocenters. The van der Waals surface area contributed by atoms with Crippen LogP contribution in [0.15, 0.2) is 58.4 Å². The lowest BCUT2D eigenvalue weighted by atomic mass is 10.2. The number of hydrogen-bond donors (Lipinski definition) is 1. The molecule has 1 saturated heterocycles. The molecule has 1 heterocycles. The van der Waals surface area contributed by atoms with Crippen molar-refractivity contribution in [2.24, 2.45) is 4.99 Å². The molecule has 2 aromatic carbocycles. The number of amides is 1. The number of amidine groups is 1. The molecule has 0 aromatic heterocycles. The van der Waals surface area contributed by atoms with Gasteiger partial charge in [0.25, 0.3) is 5.91 Å². The molecule has 3 nitrogen and oxygen atoms in total. The van der Waals surface area contributed by atoms with Gasteiger partial charge in [0.1, 0.15) is 0 Å². The Morgan fingerprint density at radius 3 is 2.77 bits per heavy atom. The first-order valence-corrected chi connectivity index (χ1v) is 8.69. The summed E-state index contributed by atoms with van der Waals surface area (Å²) in [5.41, 5.74) is 1.73. The summed E-state index contributed by atoms with van der Waals surface area (Å²) in [6.45, 7) is 0. The Morgan fingerprint density at radius 1 is 1.18 bits per heavy atom. The van der Waals surface area contributed by atoms with Crippen LogP contribution >= 0.6 is 46.0 Å². The zero-order valence-corrected chi connectivity index (χ0v) is 14.9. The van der Waals surface area contributed by atoms with Gasteiger partial charge in [0, 0.05) is 8.59 Å². The van der Waals surface area contributed by atoms with Gasteiger partial charge in [-0.25, -0.2) is 4.99 Å². The van der Waals surface area contributed by atoms with E-state index in [4.69, 9.17) is 11.6 Å². The molecular weight excluding hydrogens is 431 g/mol. The normalized spacial score (nSPS) is 18.0. The molecular formula is C16H10ClIN2OS. The maximum Gasteiger partial charge on any atom is 0.264 e. The molecule has 2 aromatic rings. The number of hydrogen-bond acceptors (Lipinski definition) is 3. The van der Waals surface area contributed by atoms with Crippen LogP contribution in [0.5, 0.6) is 0 Å². The standard InChI is InChI=1S/C16H10ClIN2OS/c17-11-5-3-6-12(9-11)19-16-20-15(21)14(22-16)8-10-4-1-2-7-13(10)18/h1-9H,(H,19,20,21)/b14-8-. The van der Waals surface area contributed by atoms with Gasteiger partial charge in [-0.15, -0.1) is 0 Å². The Balaban J connectivity index is 1.86. The van der Waals surface area contributed by atoms with Gasteiger partial charge < -0.3 is 5.32 Å². The summed E-state index contributed by atoms with van der Waals surface area (Å²) in [6, 6.07) is 15.1. The molecule has 1 aliphatic rings. The maximum atomic E-state index is 12.0. The minimum atomic E-state index is -0.134. The van der Waals surface area contributed by atoms with Crippen molar-refractivity contribution in [2.75, 3.05) is 0 Å². The molecule has 3 rings (SSSR count). The maximum absolute atomic E-state index is 12.0. The average molecular weight is 441 g/mol. The van der Waals surface area contributed by atoms with Crippen molar-refractivity contribution in [3.63, 3.8) is 0 Å². The second-order valence-corrected chi connectivity index (χ2v) is 7.11. The van der Waals surface area contributed by atoms with Gasteiger partial charge in [0.05, 0.1) is 10.6 Å². The van der Waals surface area contributed by atoms with Crippen LogP contribution in [0.1, 0.15) is 5.56 Å². The van der Waals surface area contributed by atoms with Crippen molar-refractivity contribution in [1.82, 2.24) is 5.32 Å². The lowest BCUT2D eigenvalue weighted by Gasteiger charge is -1.98. The number of benzene rings is 2. The summed E-state index contributed by atoms with van der Waals surface area (Å²) in [4.78, 5) is 17.1. The molecule has 1 amide bonds. The molecule has 110 valence electrons. The number of nitrogens with zero attached hydrogens (tertiary/aromatic N) is 1. The zero-order valence-electron chi connectivity index (χ0n) is 11.2. The molecule has 0 bridgehead atoms. The van der Waals surface area contributed by atoms with E-state index < -0.39 is 0 Å². The highest BCUT2D eigenvalue weighted by atomic mass is 127. The van der Waals surface area contributed by atoms with Crippen LogP contribution in [0.4, 0.5) is 5.69 Å². The second kappa shape index (κ2) is 6.85. The van der Waals surface area contributed by atoms with Gasteiger partial charge in [-0.05, 0) is 70.3 Å². The van der Waals surface area contributed by atoms with Gasteiger partial charge in [-0.2, -0.15) is 0 Å². The molecule has 0 atom stereocenters. The van der Waals surface area contributed by atoms with E-state index in [1.54, 1.807) is 12.1 Å². The Bertz CT molecular complexity index is 804. The smallest absolute Gasteiger partial charge is 0.264 e. The first-order chi connectivity index (χ1) is 10.6. The van der Waals surface area contributed by atoms with Crippen molar-refractivity contribution in [3.05, 3.63) is 67.6 Å². The van der Waals surface area contributed by atoms with Crippen LogP contribution in [0, 0.1) is 3.57 Å². The largest absolute Gasteiger partial charge is 0.300 e. The Hall–Kier alpha value is -1.31. The third-order valence-corrected chi connectivity index (χ3v) is 5.01. The van der Waals surface area contributed by atoms with Crippen molar-refractivity contribution < 1.29 is 4.79 Å². The highest BCUT2D eigenvalue weighted by molar-refractivity contribution is 14.1. The monoisotopic (exact) mass is 440 g/mol. The molecule has 0 spiro atoms. The van der Waals surface area contributed by atoms with E-state index in [-0.39, 0.29) is 5.91 Å². The van der Waals surface area contributed by atoms with Crippen LogP contribution in [0.3, 0.4) is 0 Å². The van der Waals surface area contributed by atoms with Crippen LogP contribution in [-0.4, -0.2) is 11.1 Å². The SMILES string of the molecule is O=C1NC(=Nc2cccc(Cl)c2)S/C1=C\c1ccccc1I. The minimum absolute atomic E-state index is 0.134. The second-order valence-electron chi connectivity index (χ2n) is 4.48. The van der Waals surface area contributed by atoms with Crippen molar-refractivity contribution in [3.8, 4) is 0 Å². The fraction of sp³-hybridized carbons (Fsp3) is 0. The van der Waals surface area contributed by atoms with Crippen LogP contribution in [0.25, 0.3) is 6.08 Å². The summed E-state index contributed by atoms with van der Waals surface area (Å²) >= 11 is 9.51. The lowest BCUT2D eigenvalue weighted by molar-refractivity contribution is -0.115. The quantitative estimate of drug-likeness (QED) is 0.536. The molecule has 1 fully saturated rings. The molecule has 0 radical (unpaired) electrons. The zero-order chi connectivity index (χ0) is 15.5. The number of carbonyl (C=O) groups excluding carboxylic acids is 1. The number of halogens is 2. The highest BCUT2D eigenvalue weighted by Crippen LogP contribution is 2.29. The minimum Gasteiger partial charge on any atom is -0.300 e. The Labute approximate surface area is 151 Å².